The molecular weight excluding hydrogens is 1530 g/mol. The van der Waals surface area contributed by atoms with Crippen molar-refractivity contribution in [3.8, 4) is 12.1 Å². The van der Waals surface area contributed by atoms with E-state index < -0.39 is 41.0 Å². The second kappa shape index (κ2) is 40.0. The van der Waals surface area contributed by atoms with Crippen LogP contribution >= 0.6 is 47.0 Å². The zero-order valence-electron chi connectivity index (χ0n) is 38.8. The Balaban J connectivity index is 0. The van der Waals surface area contributed by atoms with Crippen LogP contribution in [0.1, 0.15) is 36.6 Å². The molecule has 2 aliphatic heterocycles. The molecule has 2 N–H and O–H groups in total. The Hall–Kier alpha value is -1.26. The van der Waals surface area contributed by atoms with Crippen LogP contribution in [0.2, 0.25) is 0 Å². The summed E-state index contributed by atoms with van der Waals surface area (Å²) >= 11 is 7.76. The molecule has 74 heavy (non-hydrogen) atoms. The first-order chi connectivity index (χ1) is 33.6. The van der Waals surface area contributed by atoms with Crippen molar-refractivity contribution in [2.75, 3.05) is 49.2 Å². The number of hydrogen-bond acceptors (Lipinski definition) is 28. The van der Waals surface area contributed by atoms with E-state index in [1.165, 1.54) is 35.4 Å². The van der Waals surface area contributed by atoms with Crippen LogP contribution in [0.15, 0.2) is 72.8 Å². The van der Waals surface area contributed by atoms with Crippen LogP contribution in [-0.4, -0.2) is 124 Å². The molecular formula is C40H44Cl4N8O16Pb2S4. The second-order valence-corrected chi connectivity index (χ2v) is 20.7. The molecule has 2 aliphatic rings. The third-order valence-electron chi connectivity index (χ3n) is 7.96. The zero-order chi connectivity index (χ0) is 54.4. The minimum absolute atomic E-state index is 0. The van der Waals surface area contributed by atoms with Gasteiger partial charge in [-0.2, -0.15) is 57.6 Å². The molecule has 0 unspecified atom stereocenters. The van der Waals surface area contributed by atoms with E-state index in [0.717, 1.165) is 117 Å². The van der Waals surface area contributed by atoms with E-state index in [4.69, 9.17) is 105 Å². The van der Waals surface area contributed by atoms with E-state index in [-0.39, 0.29) is 54.6 Å². The van der Waals surface area contributed by atoms with Crippen molar-refractivity contribution in [3.63, 3.8) is 0 Å². The number of nitriles is 2. The van der Waals surface area contributed by atoms with Crippen LogP contribution in [0.4, 0.5) is 0 Å². The molecule has 2 aromatic carbocycles. The number of fused-ring (bicyclic) bond motifs is 4. The number of thioether (sulfide) groups is 4. The average Bonchev–Trinajstić information content (AvgIpc) is 3.27. The number of hydrogen-bond donors (Lipinski definition) is 2. The van der Waals surface area contributed by atoms with Crippen LogP contribution in [0.3, 0.4) is 0 Å². The largest absolute Gasteiger partial charge is 2.00 e. The fourth-order valence-corrected chi connectivity index (χ4v) is 8.76. The summed E-state index contributed by atoms with van der Waals surface area (Å²) in [6, 6.07) is 29.4. The second-order valence-electron chi connectivity index (χ2n) is 13.3. The average molecular weight is 1580 g/mol. The maximum absolute atomic E-state index is 8.49. The molecule has 4 aromatic heterocycles. The molecule has 34 heteroatoms. The number of halogens is 4. The minimum atomic E-state index is -4.94. The van der Waals surface area contributed by atoms with Crippen molar-refractivity contribution in [2.45, 2.75) is 36.9 Å². The van der Waals surface area contributed by atoms with Gasteiger partial charge in [-0.15, -0.1) is 41.0 Å². The summed E-state index contributed by atoms with van der Waals surface area (Å²) in [5.74, 6) is 8.35. The summed E-state index contributed by atoms with van der Waals surface area (Å²) in [6.07, 6.45) is 0. The van der Waals surface area contributed by atoms with Gasteiger partial charge in [-0.25, -0.2) is 94.5 Å². The Kier molecular flexibility index (Phi) is 40.4. The van der Waals surface area contributed by atoms with Gasteiger partial charge in [-0.1, -0.05) is 48.5 Å². The Morgan fingerprint density at radius 1 is 0.365 bits per heavy atom. The van der Waals surface area contributed by atoms with Gasteiger partial charge in [0.15, 0.2) is 0 Å². The van der Waals surface area contributed by atoms with Crippen molar-refractivity contribution in [2.24, 2.45) is 0 Å². The van der Waals surface area contributed by atoms with Crippen LogP contribution in [-0.2, 0) is 23.0 Å². The third-order valence-corrected chi connectivity index (χ3v) is 11.9. The van der Waals surface area contributed by atoms with Crippen molar-refractivity contribution >= 4 is 145 Å². The van der Waals surface area contributed by atoms with Gasteiger partial charge in [0.2, 0.25) is 0 Å². The van der Waals surface area contributed by atoms with E-state index in [9.17, 15) is 0 Å². The van der Waals surface area contributed by atoms with Crippen molar-refractivity contribution in [3.05, 3.63) is 95.6 Å². The van der Waals surface area contributed by atoms with Crippen LogP contribution in [0.25, 0.3) is 43.6 Å². The van der Waals surface area contributed by atoms with E-state index in [2.05, 4.69) is 83.4 Å². The van der Waals surface area contributed by atoms with Gasteiger partial charge in [0, 0.05) is 108 Å². The normalized spacial score (nSPS) is 13.9. The quantitative estimate of drug-likeness (QED) is 0.105. The van der Waals surface area contributed by atoms with Gasteiger partial charge in [-0.3, -0.25) is 0 Å². The van der Waals surface area contributed by atoms with Gasteiger partial charge in [0.1, 0.15) is 0 Å². The zero-order valence-corrected chi connectivity index (χ0v) is 52.8. The molecule has 0 saturated heterocycles. The Labute approximate surface area is 490 Å². The third kappa shape index (κ3) is 40.0. The Morgan fingerprint density at radius 3 is 0.676 bits per heavy atom. The Bertz CT molecular complexity index is 2260. The summed E-state index contributed by atoms with van der Waals surface area (Å²) < 4.78 is 136. The predicted molar refractivity (Wildman–Crippen MR) is 239 cm³/mol. The van der Waals surface area contributed by atoms with Crippen LogP contribution in [0.5, 0.6) is 0 Å². The SMILES string of the molecule is CC#N.CC#N.[O-][Cl+3]([O-])([O-])[O-].[O-][Cl+3]([O-])([O-])[O-].[O-][Cl+3]([O-])([O-])[O-].[O-][Cl+3]([O-])([O-])[O-].[Pb+2].[Pb+2].c1cc2ccc3ccc4nc3c2nc1CSCCNCCSC4.c1cc2ccc3ccc4nc3c2nc1CSCCNCCSC4. The van der Waals surface area contributed by atoms with E-state index in [1.807, 2.05) is 47.0 Å². The van der Waals surface area contributed by atoms with E-state index >= 15 is 0 Å². The van der Waals surface area contributed by atoms with Gasteiger partial charge < -0.3 is 10.6 Å². The van der Waals surface area contributed by atoms with Gasteiger partial charge in [0.25, 0.3) is 0 Å². The number of rotatable bonds is 0. The number of aromatic nitrogens is 4. The first-order valence-electron chi connectivity index (χ1n) is 19.8. The summed E-state index contributed by atoms with van der Waals surface area (Å²) in [7, 11) is -19.8. The van der Waals surface area contributed by atoms with Gasteiger partial charge in [-0.05, 0) is 24.3 Å². The smallest absolute Gasteiger partial charge is 0.315 e. The van der Waals surface area contributed by atoms with E-state index in [1.54, 1.807) is 12.1 Å². The maximum atomic E-state index is 8.49. The molecule has 0 saturated carbocycles. The monoisotopic (exact) mass is 1580 g/mol. The molecule has 8 bridgehead atoms. The number of nitrogens with one attached hydrogen (secondary N) is 2. The van der Waals surface area contributed by atoms with Gasteiger partial charge in [0.05, 0.1) is 57.0 Å². The molecule has 0 aliphatic carbocycles. The van der Waals surface area contributed by atoms with Crippen molar-refractivity contribution in [1.29, 1.82) is 10.5 Å². The molecule has 6 heterocycles. The number of benzene rings is 2. The number of pyridine rings is 4. The fourth-order valence-electron chi connectivity index (χ4n) is 5.55. The first-order valence-corrected chi connectivity index (χ1v) is 29.4. The first kappa shape index (κ1) is 74.8. The number of nitrogens with zero attached hydrogens (tertiary/aromatic N) is 6. The molecule has 0 atom stereocenters. The van der Waals surface area contributed by atoms with Crippen LogP contribution < -0.4 is 85.2 Å². The molecule has 24 nitrogen and oxygen atoms in total. The van der Waals surface area contributed by atoms with E-state index in [0.29, 0.717) is 0 Å². The topological polar surface area (TPSA) is 492 Å². The molecule has 400 valence electrons. The van der Waals surface area contributed by atoms with Crippen LogP contribution in [0, 0.1) is 63.6 Å². The Morgan fingerprint density at radius 2 is 0.514 bits per heavy atom. The fraction of sp³-hybridized carbons (Fsp3) is 0.350. The molecule has 0 spiro atoms. The molecule has 6 aromatic rings. The molecule has 4 radical (unpaired) electrons. The molecule has 0 fully saturated rings. The predicted octanol–water partition coefficient (Wildman–Crippen LogP) is -11.0. The molecule has 0 amide bonds. The van der Waals surface area contributed by atoms with Crippen molar-refractivity contribution < 1.29 is 116 Å². The summed E-state index contributed by atoms with van der Waals surface area (Å²) in [5.41, 5.74) is 8.75. The standard InChI is InChI=1S/2C18H19N3S2.2C2H3N.4ClHO4.2Pb/c2*1-2-14-4-6-16-12-23-10-8-19-7-9-22-11-15-5-3-13(1)17(20-15)18(14)21-16;2*1-2-3;4*2-1(3,4)5;;/h2*1-6,19H,7-12H2;2*1H3;4*(H,2,3,4,5);;/q;;;;;;;;2*+2/p-4. The van der Waals surface area contributed by atoms with Crippen molar-refractivity contribution in [1.82, 2.24) is 30.6 Å². The van der Waals surface area contributed by atoms with Gasteiger partial charge >= 0.3 is 54.6 Å². The summed E-state index contributed by atoms with van der Waals surface area (Å²) in [5, 5.41) is 26.3. The summed E-state index contributed by atoms with van der Waals surface area (Å²) in [6.45, 7) is 7.12. The maximum Gasteiger partial charge on any atom is 2.00 e. The summed E-state index contributed by atoms with van der Waals surface area (Å²) in [4.78, 5) is 19.6. The molecule has 8 rings (SSSR count). The minimum Gasteiger partial charge on any atom is -0.315 e.